The van der Waals surface area contributed by atoms with Crippen LogP contribution in [0.5, 0.6) is 0 Å². The average Bonchev–Trinajstić information content (AvgIpc) is 2.91. The minimum absolute atomic E-state index is 0.156. The highest BCUT2D eigenvalue weighted by Crippen LogP contribution is 2.26. The zero-order valence-corrected chi connectivity index (χ0v) is 12.3. The van der Waals surface area contributed by atoms with Crippen LogP contribution in [-0.4, -0.2) is 41.1 Å². The van der Waals surface area contributed by atoms with Gasteiger partial charge in [0.2, 0.25) is 5.13 Å². The first-order valence-electron chi connectivity index (χ1n) is 6.34. The normalized spacial score (nSPS) is 18.8. The lowest BCUT2D eigenvalue weighted by Gasteiger charge is -2.22. The summed E-state index contributed by atoms with van der Waals surface area (Å²) < 4.78 is 22.8. The molecule has 6 nitrogen and oxygen atoms in total. The van der Waals surface area contributed by atoms with Crippen molar-refractivity contribution in [2.24, 2.45) is 0 Å². The molecule has 3 rings (SSSR count). The molecule has 20 heavy (non-hydrogen) atoms. The Hall–Kier alpha value is -1.54. The highest BCUT2D eigenvalue weighted by atomic mass is 32.2. The van der Waals surface area contributed by atoms with Gasteiger partial charge in [-0.25, -0.2) is 8.42 Å². The first kappa shape index (κ1) is 13.4. The van der Waals surface area contributed by atoms with Gasteiger partial charge in [0, 0.05) is 12.2 Å². The fourth-order valence-corrected chi connectivity index (χ4v) is 4.37. The van der Waals surface area contributed by atoms with Crippen LogP contribution < -0.4 is 5.32 Å². The summed E-state index contributed by atoms with van der Waals surface area (Å²) in [6.07, 6.45) is 2.97. The summed E-state index contributed by atoms with van der Waals surface area (Å²) in [4.78, 5) is 4.23. The van der Waals surface area contributed by atoms with Gasteiger partial charge in [-0.1, -0.05) is 17.4 Å². The number of nitrogens with one attached hydrogen (secondary N) is 1. The Labute approximate surface area is 121 Å². The molecular formula is C12H14N4O2S2. The lowest BCUT2D eigenvalue weighted by atomic mass is 10.2. The number of pyridine rings is 1. The van der Waals surface area contributed by atoms with Crippen LogP contribution in [0.1, 0.15) is 12.8 Å². The van der Waals surface area contributed by atoms with Crippen molar-refractivity contribution in [1.29, 1.82) is 0 Å². The fourth-order valence-electron chi connectivity index (χ4n) is 2.08. The van der Waals surface area contributed by atoms with E-state index in [1.165, 1.54) is 11.3 Å². The Morgan fingerprint density at radius 3 is 2.70 bits per heavy atom. The van der Waals surface area contributed by atoms with Gasteiger partial charge in [0.15, 0.2) is 5.01 Å². The highest BCUT2D eigenvalue weighted by Gasteiger charge is 2.24. The third kappa shape index (κ3) is 3.13. The van der Waals surface area contributed by atoms with Crippen LogP contribution >= 0.6 is 11.3 Å². The lowest BCUT2D eigenvalue weighted by molar-refractivity contribution is 0.559. The van der Waals surface area contributed by atoms with E-state index in [0.29, 0.717) is 12.8 Å². The third-order valence-electron chi connectivity index (χ3n) is 3.19. The second kappa shape index (κ2) is 5.45. The molecule has 0 radical (unpaired) electrons. The molecule has 0 aliphatic carbocycles. The van der Waals surface area contributed by atoms with E-state index in [2.05, 4.69) is 20.5 Å². The maximum Gasteiger partial charge on any atom is 0.206 e. The summed E-state index contributed by atoms with van der Waals surface area (Å²) in [7, 11) is -2.83. The van der Waals surface area contributed by atoms with Gasteiger partial charge in [-0.05, 0) is 25.0 Å². The van der Waals surface area contributed by atoms with E-state index in [1.54, 1.807) is 6.20 Å². The number of hydrogen-bond acceptors (Lipinski definition) is 7. The van der Waals surface area contributed by atoms with Crippen molar-refractivity contribution in [2.75, 3.05) is 16.8 Å². The van der Waals surface area contributed by atoms with Crippen molar-refractivity contribution in [1.82, 2.24) is 15.2 Å². The Balaban J connectivity index is 1.66. The molecule has 2 aromatic heterocycles. The van der Waals surface area contributed by atoms with Crippen molar-refractivity contribution in [3.05, 3.63) is 24.4 Å². The molecular weight excluding hydrogens is 296 g/mol. The van der Waals surface area contributed by atoms with E-state index in [-0.39, 0.29) is 17.5 Å². The topological polar surface area (TPSA) is 84.8 Å². The molecule has 1 N–H and O–H groups in total. The van der Waals surface area contributed by atoms with Crippen LogP contribution in [0.2, 0.25) is 0 Å². The van der Waals surface area contributed by atoms with Gasteiger partial charge in [0.25, 0.3) is 0 Å². The first-order valence-corrected chi connectivity index (χ1v) is 8.98. The SMILES string of the molecule is O=S1(=O)CCC(Nc2nnc(-c3ccccn3)s2)CC1. The number of sulfone groups is 1. The standard InChI is InChI=1S/C12H14N4O2S2/c17-20(18)7-4-9(5-8-20)14-12-16-15-11(19-12)10-3-1-2-6-13-10/h1-3,6,9H,4-5,7-8H2,(H,14,16). The highest BCUT2D eigenvalue weighted by molar-refractivity contribution is 7.91. The molecule has 1 aliphatic rings. The predicted molar refractivity (Wildman–Crippen MR) is 78.4 cm³/mol. The molecule has 0 bridgehead atoms. The summed E-state index contributed by atoms with van der Waals surface area (Å²) in [5, 5.41) is 12.9. The molecule has 106 valence electrons. The Bertz CT molecular complexity index is 670. The molecule has 1 fully saturated rings. The van der Waals surface area contributed by atoms with Crippen molar-refractivity contribution in [2.45, 2.75) is 18.9 Å². The van der Waals surface area contributed by atoms with Crippen LogP contribution in [0.4, 0.5) is 5.13 Å². The van der Waals surface area contributed by atoms with Gasteiger partial charge in [0.1, 0.15) is 15.5 Å². The van der Waals surface area contributed by atoms with Crippen LogP contribution in [-0.2, 0) is 9.84 Å². The van der Waals surface area contributed by atoms with E-state index in [0.717, 1.165) is 15.8 Å². The van der Waals surface area contributed by atoms with Gasteiger partial charge < -0.3 is 5.32 Å². The van der Waals surface area contributed by atoms with Crippen LogP contribution in [0.3, 0.4) is 0 Å². The first-order chi connectivity index (χ1) is 9.62. The molecule has 0 saturated carbocycles. The smallest absolute Gasteiger partial charge is 0.206 e. The lowest BCUT2D eigenvalue weighted by Crippen LogP contribution is -2.32. The van der Waals surface area contributed by atoms with E-state index in [4.69, 9.17) is 0 Å². The quantitative estimate of drug-likeness (QED) is 0.926. The second-order valence-electron chi connectivity index (χ2n) is 4.70. The van der Waals surface area contributed by atoms with Crippen LogP contribution in [0, 0.1) is 0 Å². The average molecular weight is 310 g/mol. The number of anilines is 1. The molecule has 1 saturated heterocycles. The summed E-state index contributed by atoms with van der Waals surface area (Å²) >= 11 is 1.43. The maximum absolute atomic E-state index is 11.4. The molecule has 0 amide bonds. The largest absolute Gasteiger partial charge is 0.357 e. The van der Waals surface area contributed by atoms with Crippen molar-refractivity contribution in [3.63, 3.8) is 0 Å². The second-order valence-corrected chi connectivity index (χ2v) is 7.98. The van der Waals surface area contributed by atoms with Crippen LogP contribution in [0.15, 0.2) is 24.4 Å². The molecule has 0 spiro atoms. The maximum atomic E-state index is 11.4. The molecule has 1 aliphatic heterocycles. The minimum Gasteiger partial charge on any atom is -0.357 e. The Kier molecular flexibility index (Phi) is 3.66. The zero-order chi connectivity index (χ0) is 14.0. The van der Waals surface area contributed by atoms with Crippen LogP contribution in [0.25, 0.3) is 10.7 Å². The van der Waals surface area contributed by atoms with E-state index >= 15 is 0 Å². The number of rotatable bonds is 3. The molecule has 0 aromatic carbocycles. The fraction of sp³-hybridized carbons (Fsp3) is 0.417. The van der Waals surface area contributed by atoms with Crippen molar-refractivity contribution >= 4 is 26.3 Å². The van der Waals surface area contributed by atoms with Gasteiger partial charge in [-0.2, -0.15) is 0 Å². The monoisotopic (exact) mass is 310 g/mol. The Morgan fingerprint density at radius 1 is 1.20 bits per heavy atom. The summed E-state index contributed by atoms with van der Waals surface area (Å²) in [5.74, 6) is 0.493. The van der Waals surface area contributed by atoms with Crippen molar-refractivity contribution in [3.8, 4) is 10.7 Å². The summed E-state index contributed by atoms with van der Waals surface area (Å²) in [6.45, 7) is 0. The number of nitrogens with zero attached hydrogens (tertiary/aromatic N) is 3. The number of hydrogen-bond donors (Lipinski definition) is 1. The molecule has 8 heteroatoms. The molecule has 0 unspecified atom stereocenters. The molecule has 3 heterocycles. The molecule has 2 aromatic rings. The Morgan fingerprint density at radius 2 is 2.00 bits per heavy atom. The molecule has 0 atom stereocenters. The van der Waals surface area contributed by atoms with Gasteiger partial charge in [-0.15, -0.1) is 10.2 Å². The zero-order valence-electron chi connectivity index (χ0n) is 10.7. The van der Waals surface area contributed by atoms with E-state index in [9.17, 15) is 8.42 Å². The van der Waals surface area contributed by atoms with Gasteiger partial charge >= 0.3 is 0 Å². The van der Waals surface area contributed by atoms with Gasteiger partial charge in [-0.3, -0.25) is 4.98 Å². The summed E-state index contributed by atoms with van der Waals surface area (Å²) in [6, 6.07) is 5.80. The summed E-state index contributed by atoms with van der Waals surface area (Å²) in [5.41, 5.74) is 0.796. The van der Waals surface area contributed by atoms with Gasteiger partial charge in [0.05, 0.1) is 11.5 Å². The third-order valence-corrected chi connectivity index (χ3v) is 5.78. The van der Waals surface area contributed by atoms with Crippen molar-refractivity contribution < 1.29 is 8.42 Å². The van der Waals surface area contributed by atoms with E-state index in [1.807, 2.05) is 18.2 Å². The van der Waals surface area contributed by atoms with E-state index < -0.39 is 9.84 Å². The number of aromatic nitrogens is 3. The predicted octanol–water partition coefficient (Wildman–Crippen LogP) is 1.59. The minimum atomic E-state index is -2.83.